The maximum absolute atomic E-state index is 14.5. The number of hydrogen-bond donors (Lipinski definition) is 1. The van der Waals surface area contributed by atoms with Crippen molar-refractivity contribution in [1.82, 2.24) is 10.2 Å². The van der Waals surface area contributed by atoms with Gasteiger partial charge in [0.25, 0.3) is 5.91 Å². The van der Waals surface area contributed by atoms with E-state index in [2.05, 4.69) is 29.3 Å². The lowest BCUT2D eigenvalue weighted by molar-refractivity contribution is -0.129. The van der Waals surface area contributed by atoms with Crippen LogP contribution in [0, 0.1) is 5.92 Å². The summed E-state index contributed by atoms with van der Waals surface area (Å²) in [6, 6.07) is 17.9. The largest absolute Gasteiger partial charge is 0.354 e. The highest BCUT2D eigenvalue weighted by Gasteiger charge is 2.41. The molecule has 2 amide bonds. The van der Waals surface area contributed by atoms with Gasteiger partial charge in [-0.25, -0.2) is 0 Å². The van der Waals surface area contributed by atoms with E-state index in [0.29, 0.717) is 12.1 Å². The van der Waals surface area contributed by atoms with Crippen molar-refractivity contribution in [2.75, 3.05) is 6.54 Å². The van der Waals surface area contributed by atoms with Crippen LogP contribution in [-0.2, 0) is 4.79 Å². The van der Waals surface area contributed by atoms with E-state index in [1.807, 2.05) is 42.5 Å². The Bertz CT molecular complexity index is 945. The van der Waals surface area contributed by atoms with E-state index < -0.39 is 0 Å². The van der Waals surface area contributed by atoms with E-state index in [1.54, 1.807) is 0 Å². The van der Waals surface area contributed by atoms with Crippen LogP contribution in [0.2, 0.25) is 0 Å². The SMILES string of the molecule is CCCCNC(=O)C(C1CCCCC1)N(C(=O)c1ccccc1-c1ccccc1)C1CCCCC1. The Balaban J connectivity index is 1.74. The van der Waals surface area contributed by atoms with Crippen molar-refractivity contribution in [3.05, 3.63) is 60.2 Å². The van der Waals surface area contributed by atoms with Crippen molar-refractivity contribution in [2.24, 2.45) is 5.92 Å². The van der Waals surface area contributed by atoms with E-state index in [-0.39, 0.29) is 29.8 Å². The molecule has 0 spiro atoms. The van der Waals surface area contributed by atoms with Crippen LogP contribution in [0.5, 0.6) is 0 Å². The Labute approximate surface area is 211 Å². The fourth-order valence-electron chi connectivity index (χ4n) is 6.07. The number of carbonyl (C=O) groups is 2. The minimum absolute atomic E-state index is 0.0255. The van der Waals surface area contributed by atoms with Gasteiger partial charge in [-0.3, -0.25) is 9.59 Å². The van der Waals surface area contributed by atoms with Crippen LogP contribution in [0.15, 0.2) is 54.6 Å². The summed E-state index contributed by atoms with van der Waals surface area (Å²) in [5.74, 6) is 0.319. The molecular formula is C31H42N2O2. The van der Waals surface area contributed by atoms with Crippen LogP contribution in [0.3, 0.4) is 0 Å². The third-order valence-electron chi connectivity index (χ3n) is 7.94. The monoisotopic (exact) mass is 474 g/mol. The van der Waals surface area contributed by atoms with Gasteiger partial charge < -0.3 is 10.2 Å². The number of carbonyl (C=O) groups excluding carboxylic acids is 2. The molecule has 4 nitrogen and oxygen atoms in total. The van der Waals surface area contributed by atoms with Gasteiger partial charge in [-0.2, -0.15) is 0 Å². The predicted octanol–water partition coefficient (Wildman–Crippen LogP) is 6.99. The smallest absolute Gasteiger partial charge is 0.255 e. The number of nitrogens with one attached hydrogen (secondary N) is 1. The summed E-state index contributed by atoms with van der Waals surface area (Å²) < 4.78 is 0. The van der Waals surface area contributed by atoms with Gasteiger partial charge in [0.1, 0.15) is 6.04 Å². The average Bonchev–Trinajstić information content (AvgIpc) is 2.93. The van der Waals surface area contributed by atoms with Crippen molar-refractivity contribution in [1.29, 1.82) is 0 Å². The molecule has 1 atom stereocenters. The molecule has 188 valence electrons. The summed E-state index contributed by atoms with van der Waals surface area (Å²) in [4.78, 5) is 30.3. The molecule has 2 fully saturated rings. The van der Waals surface area contributed by atoms with Crippen LogP contribution in [0.4, 0.5) is 0 Å². The summed E-state index contributed by atoms with van der Waals surface area (Å²) in [6.07, 6.45) is 13.1. The number of rotatable bonds is 9. The van der Waals surface area contributed by atoms with Crippen LogP contribution < -0.4 is 5.32 Å². The van der Waals surface area contributed by atoms with Gasteiger partial charge in [0, 0.05) is 18.2 Å². The number of amides is 2. The van der Waals surface area contributed by atoms with Crippen LogP contribution in [-0.4, -0.2) is 35.3 Å². The zero-order chi connectivity index (χ0) is 24.5. The molecule has 4 rings (SSSR count). The quantitative estimate of drug-likeness (QED) is 0.398. The Morgan fingerprint density at radius 2 is 1.49 bits per heavy atom. The molecule has 2 aromatic rings. The summed E-state index contributed by atoms with van der Waals surface area (Å²) in [5.41, 5.74) is 2.71. The number of nitrogens with zero attached hydrogens (tertiary/aromatic N) is 1. The van der Waals surface area contributed by atoms with Crippen molar-refractivity contribution >= 4 is 11.8 Å². The average molecular weight is 475 g/mol. The Hall–Kier alpha value is -2.62. The number of hydrogen-bond acceptors (Lipinski definition) is 2. The molecule has 35 heavy (non-hydrogen) atoms. The second-order valence-corrected chi connectivity index (χ2v) is 10.4. The fraction of sp³-hybridized carbons (Fsp3) is 0.548. The molecule has 4 heteroatoms. The van der Waals surface area contributed by atoms with E-state index >= 15 is 0 Å². The molecule has 2 saturated carbocycles. The van der Waals surface area contributed by atoms with E-state index in [9.17, 15) is 9.59 Å². The second kappa shape index (κ2) is 12.9. The number of benzene rings is 2. The van der Waals surface area contributed by atoms with Crippen molar-refractivity contribution < 1.29 is 9.59 Å². The first kappa shape index (κ1) is 25.5. The first-order valence-electron chi connectivity index (χ1n) is 14.0. The van der Waals surface area contributed by atoms with Crippen LogP contribution in [0.1, 0.15) is 94.3 Å². The predicted molar refractivity (Wildman–Crippen MR) is 143 cm³/mol. The standard InChI is InChI=1S/C31H42N2O2/c1-2-3-23-32-30(34)29(25-17-9-5-10-18-25)33(26-19-11-6-12-20-26)31(35)28-22-14-13-21-27(28)24-15-7-4-8-16-24/h4,7-8,13-16,21-22,25-26,29H,2-3,5-6,9-12,17-20,23H2,1H3,(H,32,34). The molecule has 0 radical (unpaired) electrons. The minimum Gasteiger partial charge on any atom is -0.354 e. The van der Waals surface area contributed by atoms with Gasteiger partial charge in [0.05, 0.1) is 0 Å². The van der Waals surface area contributed by atoms with Gasteiger partial charge in [-0.15, -0.1) is 0 Å². The minimum atomic E-state index is -0.383. The highest BCUT2D eigenvalue weighted by molar-refractivity contribution is 6.03. The fourth-order valence-corrected chi connectivity index (χ4v) is 6.07. The first-order chi connectivity index (χ1) is 17.2. The topological polar surface area (TPSA) is 49.4 Å². The molecule has 2 aromatic carbocycles. The Morgan fingerprint density at radius 3 is 2.17 bits per heavy atom. The third-order valence-corrected chi connectivity index (χ3v) is 7.94. The van der Waals surface area contributed by atoms with Crippen molar-refractivity contribution in [3.8, 4) is 11.1 Å². The lowest BCUT2D eigenvalue weighted by Gasteiger charge is -2.43. The summed E-state index contributed by atoms with van der Waals surface area (Å²) in [6.45, 7) is 2.83. The lowest BCUT2D eigenvalue weighted by Crippen LogP contribution is -2.57. The van der Waals surface area contributed by atoms with Crippen LogP contribution in [0.25, 0.3) is 11.1 Å². The maximum Gasteiger partial charge on any atom is 0.255 e. The summed E-state index contributed by atoms with van der Waals surface area (Å²) in [7, 11) is 0. The van der Waals surface area contributed by atoms with Crippen molar-refractivity contribution in [3.63, 3.8) is 0 Å². The van der Waals surface area contributed by atoms with E-state index in [1.165, 1.54) is 12.8 Å². The van der Waals surface area contributed by atoms with Gasteiger partial charge in [0.15, 0.2) is 0 Å². The highest BCUT2D eigenvalue weighted by Crippen LogP contribution is 2.35. The van der Waals surface area contributed by atoms with E-state index in [0.717, 1.165) is 75.3 Å². The van der Waals surface area contributed by atoms with E-state index in [4.69, 9.17) is 0 Å². The molecule has 1 unspecified atom stereocenters. The maximum atomic E-state index is 14.5. The van der Waals surface area contributed by atoms with Gasteiger partial charge in [0.2, 0.25) is 5.91 Å². The number of unbranched alkanes of at least 4 members (excludes halogenated alkanes) is 1. The molecule has 2 aliphatic carbocycles. The summed E-state index contributed by atoms with van der Waals surface area (Å²) in [5, 5.41) is 3.22. The second-order valence-electron chi connectivity index (χ2n) is 10.4. The van der Waals surface area contributed by atoms with Gasteiger partial charge >= 0.3 is 0 Å². The molecule has 0 saturated heterocycles. The molecule has 1 N–H and O–H groups in total. The zero-order valence-corrected chi connectivity index (χ0v) is 21.4. The molecule has 2 aliphatic rings. The lowest BCUT2D eigenvalue weighted by atomic mass is 9.80. The molecular weight excluding hydrogens is 432 g/mol. The summed E-state index contributed by atoms with van der Waals surface area (Å²) >= 11 is 0. The Morgan fingerprint density at radius 1 is 0.857 bits per heavy atom. The van der Waals surface area contributed by atoms with Crippen LogP contribution >= 0.6 is 0 Å². The molecule has 0 aliphatic heterocycles. The highest BCUT2D eigenvalue weighted by atomic mass is 16.2. The van der Waals surface area contributed by atoms with Crippen molar-refractivity contribution in [2.45, 2.75) is 96.1 Å². The molecule has 0 aromatic heterocycles. The Kier molecular flexibility index (Phi) is 9.39. The first-order valence-corrected chi connectivity index (χ1v) is 14.0. The zero-order valence-electron chi connectivity index (χ0n) is 21.4. The van der Waals surface area contributed by atoms with Gasteiger partial charge in [-0.1, -0.05) is 100 Å². The molecule has 0 heterocycles. The molecule has 0 bridgehead atoms. The normalized spacial score (nSPS) is 18.1. The third kappa shape index (κ3) is 6.34. The van der Waals surface area contributed by atoms with Gasteiger partial charge in [-0.05, 0) is 55.2 Å².